The number of aromatic nitrogens is 1. The van der Waals surface area contributed by atoms with Gasteiger partial charge in [-0.1, -0.05) is 23.8 Å². The summed E-state index contributed by atoms with van der Waals surface area (Å²) in [6.45, 7) is 3.88. The molecule has 1 aromatic carbocycles. The first-order valence-corrected chi connectivity index (χ1v) is 9.31. The Morgan fingerprint density at radius 1 is 1.26 bits per heavy atom. The van der Waals surface area contributed by atoms with Crippen LogP contribution in [0.15, 0.2) is 48.7 Å². The maximum Gasteiger partial charge on any atom is 0.260 e. The maximum absolute atomic E-state index is 12.4. The molecule has 2 saturated heterocycles. The Kier molecular flexibility index (Phi) is 4.99. The third-order valence-corrected chi connectivity index (χ3v) is 5.07. The van der Waals surface area contributed by atoms with Crippen molar-refractivity contribution in [3.8, 4) is 11.6 Å². The van der Waals surface area contributed by atoms with Crippen molar-refractivity contribution >= 4 is 5.91 Å². The zero-order chi connectivity index (χ0) is 18.7. The van der Waals surface area contributed by atoms with E-state index in [0.717, 1.165) is 18.4 Å². The summed E-state index contributed by atoms with van der Waals surface area (Å²) in [6, 6.07) is 13.3. The standard InChI is InChI=1S/C21H24N2O4/c1-16-5-7-17(8-6-16)25-13-20(24)23-14-21(15-23)12-18(9-11-26-21)27-19-4-2-3-10-22-19/h2-8,10,18H,9,11-15H2,1H3/t18-/m1/s1. The number of hydrogen-bond donors (Lipinski definition) is 0. The molecule has 4 rings (SSSR count). The normalized spacial score (nSPS) is 20.8. The van der Waals surface area contributed by atoms with Gasteiger partial charge in [-0.2, -0.15) is 0 Å². The monoisotopic (exact) mass is 368 g/mol. The molecule has 1 atom stereocenters. The van der Waals surface area contributed by atoms with Crippen LogP contribution in [0, 0.1) is 6.92 Å². The van der Waals surface area contributed by atoms with Gasteiger partial charge in [0.15, 0.2) is 6.61 Å². The van der Waals surface area contributed by atoms with E-state index in [0.29, 0.717) is 31.3 Å². The van der Waals surface area contributed by atoms with Crippen LogP contribution in [0.1, 0.15) is 18.4 Å². The number of hydrogen-bond acceptors (Lipinski definition) is 5. The number of aryl methyl sites for hydroxylation is 1. The average Bonchev–Trinajstić information content (AvgIpc) is 2.66. The smallest absolute Gasteiger partial charge is 0.260 e. The van der Waals surface area contributed by atoms with Crippen molar-refractivity contribution in [2.24, 2.45) is 0 Å². The lowest BCUT2D eigenvalue weighted by Crippen LogP contribution is -2.68. The lowest BCUT2D eigenvalue weighted by Gasteiger charge is -2.52. The van der Waals surface area contributed by atoms with Gasteiger partial charge in [-0.25, -0.2) is 4.98 Å². The van der Waals surface area contributed by atoms with E-state index in [1.807, 2.05) is 49.4 Å². The zero-order valence-electron chi connectivity index (χ0n) is 15.5. The molecule has 0 aliphatic carbocycles. The molecule has 1 spiro atoms. The van der Waals surface area contributed by atoms with Crippen LogP contribution in [0.3, 0.4) is 0 Å². The van der Waals surface area contributed by atoms with Crippen LogP contribution < -0.4 is 9.47 Å². The van der Waals surface area contributed by atoms with Gasteiger partial charge < -0.3 is 19.1 Å². The van der Waals surface area contributed by atoms with E-state index in [9.17, 15) is 4.79 Å². The Morgan fingerprint density at radius 2 is 2.07 bits per heavy atom. The van der Waals surface area contributed by atoms with Gasteiger partial charge in [-0.05, 0) is 25.1 Å². The maximum atomic E-state index is 12.4. The molecular formula is C21H24N2O4. The first kappa shape index (κ1) is 17.8. The molecule has 2 aromatic rings. The molecule has 2 fully saturated rings. The first-order valence-electron chi connectivity index (χ1n) is 9.31. The summed E-state index contributed by atoms with van der Waals surface area (Å²) in [7, 11) is 0. The van der Waals surface area contributed by atoms with Crippen LogP contribution in [0.4, 0.5) is 0 Å². The minimum Gasteiger partial charge on any atom is -0.484 e. The molecule has 27 heavy (non-hydrogen) atoms. The molecule has 1 aromatic heterocycles. The van der Waals surface area contributed by atoms with Crippen LogP contribution in [-0.4, -0.2) is 53.8 Å². The molecule has 3 heterocycles. The van der Waals surface area contributed by atoms with Crippen molar-refractivity contribution in [3.05, 3.63) is 54.2 Å². The van der Waals surface area contributed by atoms with Crippen LogP contribution in [0.25, 0.3) is 0 Å². The highest BCUT2D eigenvalue weighted by Crippen LogP contribution is 2.35. The average molecular weight is 368 g/mol. The third-order valence-electron chi connectivity index (χ3n) is 5.07. The molecule has 0 saturated carbocycles. The molecule has 0 radical (unpaired) electrons. The lowest BCUT2D eigenvalue weighted by molar-refractivity contribution is -0.194. The summed E-state index contributed by atoms with van der Waals surface area (Å²) in [4.78, 5) is 18.4. The van der Waals surface area contributed by atoms with Gasteiger partial charge in [0.1, 0.15) is 17.5 Å². The largest absolute Gasteiger partial charge is 0.484 e. The number of ether oxygens (including phenoxy) is 3. The number of carbonyl (C=O) groups is 1. The fourth-order valence-electron chi connectivity index (χ4n) is 3.59. The Morgan fingerprint density at radius 3 is 2.81 bits per heavy atom. The van der Waals surface area contributed by atoms with Crippen molar-refractivity contribution in [2.75, 3.05) is 26.3 Å². The summed E-state index contributed by atoms with van der Waals surface area (Å²) < 4.78 is 17.6. The molecule has 2 aliphatic heterocycles. The van der Waals surface area contributed by atoms with E-state index in [1.165, 1.54) is 0 Å². The zero-order valence-corrected chi connectivity index (χ0v) is 15.5. The van der Waals surface area contributed by atoms with Crippen molar-refractivity contribution in [3.63, 3.8) is 0 Å². The van der Waals surface area contributed by atoms with Gasteiger partial charge in [0.25, 0.3) is 5.91 Å². The number of amides is 1. The summed E-state index contributed by atoms with van der Waals surface area (Å²) in [5.41, 5.74) is 0.868. The van der Waals surface area contributed by atoms with E-state index < -0.39 is 0 Å². The fraction of sp³-hybridized carbons (Fsp3) is 0.429. The molecule has 1 amide bonds. The highest BCUT2D eigenvalue weighted by Gasteiger charge is 2.49. The van der Waals surface area contributed by atoms with Crippen LogP contribution >= 0.6 is 0 Å². The second-order valence-corrected chi connectivity index (χ2v) is 7.28. The number of pyridine rings is 1. The quantitative estimate of drug-likeness (QED) is 0.812. The Hall–Kier alpha value is -2.60. The van der Waals surface area contributed by atoms with Crippen LogP contribution in [-0.2, 0) is 9.53 Å². The third kappa shape index (κ3) is 4.22. The highest BCUT2D eigenvalue weighted by molar-refractivity contribution is 5.79. The Bertz CT molecular complexity index is 773. The summed E-state index contributed by atoms with van der Waals surface area (Å²) >= 11 is 0. The van der Waals surface area contributed by atoms with Crippen LogP contribution in [0.5, 0.6) is 11.6 Å². The van der Waals surface area contributed by atoms with Gasteiger partial charge in [0.05, 0.1) is 19.7 Å². The molecule has 0 N–H and O–H groups in total. The first-order chi connectivity index (χ1) is 13.1. The topological polar surface area (TPSA) is 60.9 Å². The molecule has 2 aliphatic rings. The second-order valence-electron chi connectivity index (χ2n) is 7.28. The van der Waals surface area contributed by atoms with Crippen molar-refractivity contribution in [1.29, 1.82) is 0 Å². The summed E-state index contributed by atoms with van der Waals surface area (Å²) in [5, 5.41) is 0. The van der Waals surface area contributed by atoms with Gasteiger partial charge in [0, 0.05) is 25.1 Å². The van der Waals surface area contributed by atoms with Crippen molar-refractivity contribution in [2.45, 2.75) is 31.5 Å². The SMILES string of the molecule is Cc1ccc(OCC(=O)N2CC3(C[C@H](Oc4ccccn4)CCO3)C2)cc1. The second kappa shape index (κ2) is 7.56. The number of rotatable bonds is 5. The van der Waals surface area contributed by atoms with Gasteiger partial charge in [0.2, 0.25) is 5.88 Å². The predicted molar refractivity (Wildman–Crippen MR) is 99.8 cm³/mol. The lowest BCUT2D eigenvalue weighted by atomic mass is 9.84. The Labute approximate surface area is 159 Å². The highest BCUT2D eigenvalue weighted by atomic mass is 16.5. The molecular weight excluding hydrogens is 344 g/mol. The van der Waals surface area contributed by atoms with Crippen LogP contribution in [0.2, 0.25) is 0 Å². The predicted octanol–water partition coefficient (Wildman–Crippen LogP) is 2.61. The minimum atomic E-state index is -0.294. The van der Waals surface area contributed by atoms with Gasteiger partial charge >= 0.3 is 0 Å². The molecule has 6 heteroatoms. The van der Waals surface area contributed by atoms with Gasteiger partial charge in [-0.15, -0.1) is 0 Å². The molecule has 0 unspecified atom stereocenters. The molecule has 6 nitrogen and oxygen atoms in total. The number of likely N-dealkylation sites (tertiary alicyclic amines) is 1. The van der Waals surface area contributed by atoms with E-state index >= 15 is 0 Å². The van der Waals surface area contributed by atoms with Crippen molar-refractivity contribution < 1.29 is 19.0 Å². The van der Waals surface area contributed by atoms with E-state index in [-0.39, 0.29) is 24.2 Å². The number of benzene rings is 1. The minimum absolute atomic E-state index is 0.0161. The molecule has 0 bridgehead atoms. The van der Waals surface area contributed by atoms with Crippen molar-refractivity contribution in [1.82, 2.24) is 9.88 Å². The van der Waals surface area contributed by atoms with E-state index in [1.54, 1.807) is 11.1 Å². The summed E-state index contributed by atoms with van der Waals surface area (Å²) in [5.74, 6) is 1.33. The summed E-state index contributed by atoms with van der Waals surface area (Å²) in [6.07, 6.45) is 3.40. The fourth-order valence-corrected chi connectivity index (χ4v) is 3.59. The van der Waals surface area contributed by atoms with E-state index in [2.05, 4.69) is 4.98 Å². The number of carbonyl (C=O) groups excluding carboxylic acids is 1. The van der Waals surface area contributed by atoms with E-state index in [4.69, 9.17) is 14.2 Å². The van der Waals surface area contributed by atoms with Gasteiger partial charge in [-0.3, -0.25) is 4.79 Å². The molecule has 142 valence electrons. The Balaban J connectivity index is 1.26. The number of nitrogens with zero attached hydrogens (tertiary/aromatic N) is 2.